The Bertz CT molecular complexity index is 7480. The molecule has 2 fully saturated rings. The zero-order valence-electron chi connectivity index (χ0n) is 87.4. The van der Waals surface area contributed by atoms with Crippen LogP contribution in [0.2, 0.25) is 0 Å². The van der Waals surface area contributed by atoms with E-state index in [1.807, 2.05) is 192 Å². The van der Waals surface area contributed by atoms with Gasteiger partial charge in [-0.2, -0.15) is 33.1 Å². The van der Waals surface area contributed by atoms with Gasteiger partial charge in [-0.25, -0.2) is 30.1 Å². The molecule has 0 amide bonds. The van der Waals surface area contributed by atoms with E-state index in [0.29, 0.717) is 56.4 Å². The molecule has 0 spiro atoms. The monoisotopic (exact) mass is 2050 g/mol. The molecule has 782 valence electrons. The maximum Gasteiger partial charge on any atom is 0.276 e. The summed E-state index contributed by atoms with van der Waals surface area (Å²) in [6.45, 7) is 16.1. The van der Waals surface area contributed by atoms with Gasteiger partial charge in [0.2, 0.25) is 0 Å². The second-order valence-corrected chi connectivity index (χ2v) is 38.5. The molecule has 0 saturated carbocycles. The number of methoxy groups -OCH3 is 8. The Hall–Kier alpha value is -15.8. The van der Waals surface area contributed by atoms with E-state index in [1.165, 1.54) is 4.31 Å². The molecule has 0 radical (unpaired) electrons. The number of likely N-dealkylation sites (N-methyl/N-ethyl adjacent to an activating group) is 1. The Balaban J connectivity index is 0.000000136. The second-order valence-electron chi connectivity index (χ2n) is 37.0. The van der Waals surface area contributed by atoms with Gasteiger partial charge in [0.25, 0.3) is 10.2 Å². The van der Waals surface area contributed by atoms with Gasteiger partial charge in [-0.05, 0) is 145 Å². The Morgan fingerprint density at radius 3 is 1.09 bits per heavy atom. The van der Waals surface area contributed by atoms with Crippen LogP contribution >= 0.6 is 0 Å². The Kier molecular flexibility index (Phi) is 35.1. The number of nitrogens with zero attached hydrogens (tertiary/aromatic N) is 24. The summed E-state index contributed by atoms with van der Waals surface area (Å²) in [6, 6.07) is 48.4. The SMILES string of the molecule is CNCCN(c1cc(OC)cc(OC)c1)c1ccc2ncc(-c3cnn(CC4CCOCC4)c3)nc2c1.COc1cc(OC)cc(N(CCCN2CC=CCC2)c2ccc3ncc(-c4cnn(C)c4)nc3c2)c1.COc1cc(OC)cc(N(CCCn2c(C)cnc2C)c2ccc3ncc(-c4cnn(C)c4)nc3c2)c1.COc1cc(OC)cc(N(CCNC2CCN(S(N)(=O)=O)CC2)c2ccc3ncc(-c4cnn(C)c4)nc3c2)c1. The largest absolute Gasteiger partial charge is 0.497 e. The number of nitrogens with two attached hydrogens (primary N) is 1. The number of rotatable bonds is 38. The molecule has 12 heterocycles. The lowest BCUT2D eigenvalue weighted by molar-refractivity contribution is 0.0601. The van der Waals surface area contributed by atoms with Crippen LogP contribution in [0.15, 0.2) is 238 Å². The van der Waals surface area contributed by atoms with Crippen molar-refractivity contribution in [3.05, 3.63) is 250 Å². The molecule has 0 atom stereocenters. The molecule has 17 aromatic rings. The number of ether oxygens (including phenoxy) is 9. The van der Waals surface area contributed by atoms with Crippen LogP contribution in [-0.2, 0) is 49.2 Å². The van der Waals surface area contributed by atoms with Crippen molar-refractivity contribution in [1.82, 2.24) is 108 Å². The third kappa shape index (κ3) is 26.8. The average Bonchev–Trinajstić information content (AvgIpc) is 1.53. The first-order valence-electron chi connectivity index (χ1n) is 50.2. The smallest absolute Gasteiger partial charge is 0.276 e. The molecule has 0 bridgehead atoms. The van der Waals surface area contributed by atoms with E-state index in [2.05, 4.69) is 147 Å². The standard InChI is InChI=1S/C28H31N7O2.C28H34N6O3.C28H32N6O2.C27H34N8O4S/c1-19-15-29-20(2)34(19)9-6-10-35(23-11-24(36-4)14-25(12-23)37-5)22-7-8-26-27(13-22)32-28(17-30-26)21-16-31-33(3)18-21;1-29-8-9-34(23-12-24(35-2)15-25(13-23)36-3)22-4-5-26-27(14-22)32-28(17-30-26)21-16-31-33(19-21)18-20-6-10-37-11-7-20;1-32-20-21(18-30-32)28-19-29-26-9-8-22(16-27(26)31-28)34(13-7-12-33-10-5-4-6-11-33)23-14-24(35-2)17-25(15-23)36-3;1-33-18-19(16-31-33)27-17-30-25-5-4-21(14-26(25)32-27)35(22-12-23(38-2)15-24(13-22)39-3)11-8-29-20-6-9-34(10-7-20)40(28,36)37/h7-8,11-18H,6,9-10H2,1-5H3;4-5,12-17,19-20,29H,6-11,18H2,1-3H3;4-5,8-9,14-20H,6-7,10-13H2,1-3H3;4-5,12-18,20,29H,6-11H2,1-3H3,(H2,28,36,37). The van der Waals surface area contributed by atoms with Gasteiger partial charge in [-0.1, -0.05) is 12.2 Å². The summed E-state index contributed by atoms with van der Waals surface area (Å²) in [6.07, 6.45) is 35.4. The molecule has 8 aromatic carbocycles. The number of piperidine rings is 1. The minimum atomic E-state index is -3.65. The molecule has 0 unspecified atom stereocenters. The zero-order chi connectivity index (χ0) is 105. The second kappa shape index (κ2) is 49.8. The van der Waals surface area contributed by atoms with Gasteiger partial charge in [0.15, 0.2) is 0 Å². The molecule has 3 aliphatic rings. The molecule has 9 aromatic heterocycles. The summed E-state index contributed by atoms with van der Waals surface area (Å²) in [5, 5.41) is 29.5. The fourth-order valence-corrected chi connectivity index (χ4v) is 19.4. The van der Waals surface area contributed by atoms with Gasteiger partial charge in [0.1, 0.15) is 51.8 Å². The predicted molar refractivity (Wildman–Crippen MR) is 586 cm³/mol. The highest BCUT2D eigenvalue weighted by molar-refractivity contribution is 7.86. The first-order chi connectivity index (χ1) is 73.0. The normalized spacial score (nSPS) is 13.5. The highest BCUT2D eigenvalue weighted by Gasteiger charge is 2.28. The lowest BCUT2D eigenvalue weighted by atomic mass is 10.0. The molecular formula is C111H131N27O11S. The topological polar surface area (TPSA) is 379 Å². The maximum atomic E-state index is 11.7. The first kappa shape index (κ1) is 106. The van der Waals surface area contributed by atoms with E-state index in [9.17, 15) is 8.42 Å². The molecule has 3 aliphatic heterocycles. The summed E-state index contributed by atoms with van der Waals surface area (Å²) < 4.78 is 84.0. The van der Waals surface area contributed by atoms with Crippen molar-refractivity contribution in [2.75, 3.05) is 169 Å². The van der Waals surface area contributed by atoms with Crippen LogP contribution in [0.5, 0.6) is 46.0 Å². The molecule has 20 rings (SSSR count). The summed E-state index contributed by atoms with van der Waals surface area (Å²) in [5.41, 5.74) is 22.5. The minimum absolute atomic E-state index is 0.198. The Morgan fingerprint density at radius 1 is 0.393 bits per heavy atom. The fourth-order valence-electron chi connectivity index (χ4n) is 18.7. The third-order valence-corrected chi connectivity index (χ3v) is 27.9. The van der Waals surface area contributed by atoms with Crippen LogP contribution in [-0.4, -0.2) is 261 Å². The maximum absolute atomic E-state index is 11.7. The Labute approximate surface area is 873 Å². The third-order valence-electron chi connectivity index (χ3n) is 26.8. The molecule has 150 heavy (non-hydrogen) atoms. The quantitative estimate of drug-likeness (QED) is 0.0303. The van der Waals surface area contributed by atoms with Crippen molar-refractivity contribution in [3.8, 4) is 91.0 Å². The van der Waals surface area contributed by atoms with Crippen molar-refractivity contribution in [2.24, 2.45) is 32.2 Å². The van der Waals surface area contributed by atoms with E-state index >= 15 is 0 Å². The highest BCUT2D eigenvalue weighted by atomic mass is 32.2. The number of hydrogen-bond donors (Lipinski definition) is 3. The molecule has 38 nitrogen and oxygen atoms in total. The average molecular weight is 2050 g/mol. The van der Waals surface area contributed by atoms with Crippen LogP contribution in [0, 0.1) is 19.8 Å². The van der Waals surface area contributed by atoms with E-state index in [-0.39, 0.29) is 6.04 Å². The lowest BCUT2D eigenvalue weighted by Gasteiger charge is -2.32. The molecule has 0 aliphatic carbocycles. The van der Waals surface area contributed by atoms with Crippen molar-refractivity contribution in [3.63, 3.8) is 0 Å². The van der Waals surface area contributed by atoms with E-state index in [1.54, 1.807) is 102 Å². The van der Waals surface area contributed by atoms with Crippen LogP contribution in [0.25, 0.3) is 89.2 Å². The predicted octanol–water partition coefficient (Wildman–Crippen LogP) is 16.7. The minimum Gasteiger partial charge on any atom is -0.497 e. The summed E-state index contributed by atoms with van der Waals surface area (Å²) in [4.78, 5) is 54.1. The summed E-state index contributed by atoms with van der Waals surface area (Å²) >= 11 is 0. The number of benzene rings is 8. The van der Waals surface area contributed by atoms with Gasteiger partial charge in [0, 0.05) is 303 Å². The van der Waals surface area contributed by atoms with Gasteiger partial charge >= 0.3 is 0 Å². The van der Waals surface area contributed by atoms with Crippen LogP contribution in [0.4, 0.5) is 45.5 Å². The number of fused-ring (bicyclic) bond motifs is 4. The van der Waals surface area contributed by atoms with Crippen molar-refractivity contribution >= 4 is 99.8 Å². The molecule has 4 N–H and O–H groups in total. The van der Waals surface area contributed by atoms with E-state index < -0.39 is 10.2 Å². The number of hydrogen-bond acceptors (Lipinski definition) is 31. The van der Waals surface area contributed by atoms with Gasteiger partial charge in [-0.3, -0.25) is 43.6 Å². The number of imidazole rings is 1. The number of nitrogens with one attached hydrogen (secondary N) is 2. The van der Waals surface area contributed by atoms with Crippen LogP contribution in [0.3, 0.4) is 0 Å². The molecule has 39 heteroatoms. The van der Waals surface area contributed by atoms with Crippen molar-refractivity contribution in [1.29, 1.82) is 0 Å². The van der Waals surface area contributed by atoms with E-state index in [4.69, 9.17) is 67.7 Å². The summed E-state index contributed by atoms with van der Waals surface area (Å²) in [5.74, 6) is 7.46. The number of aryl methyl sites for hydroxylation is 5. The van der Waals surface area contributed by atoms with Gasteiger partial charge < -0.3 is 77.4 Å². The zero-order valence-corrected chi connectivity index (χ0v) is 88.3. The molecular weight excluding hydrogens is 1920 g/mol. The molecule has 2 saturated heterocycles. The Morgan fingerprint density at radius 2 is 0.753 bits per heavy atom. The van der Waals surface area contributed by atoms with Crippen LogP contribution < -0.4 is 73.3 Å². The number of anilines is 8. The van der Waals surface area contributed by atoms with Crippen molar-refractivity contribution < 1.29 is 51.0 Å². The number of aromatic nitrogens is 18. The fraction of sp³-hybridized carbons (Fsp3) is 0.342. The van der Waals surface area contributed by atoms with Gasteiger partial charge in [0.05, 0.1) is 173 Å². The van der Waals surface area contributed by atoms with E-state index in [0.717, 1.165) is 285 Å². The van der Waals surface area contributed by atoms with Crippen LogP contribution in [0.1, 0.15) is 56.5 Å². The lowest BCUT2D eigenvalue weighted by Crippen LogP contribution is -2.48. The van der Waals surface area contributed by atoms with Crippen molar-refractivity contribution in [2.45, 2.75) is 77.9 Å². The van der Waals surface area contributed by atoms with Gasteiger partial charge in [-0.15, -0.1) is 0 Å². The highest BCUT2D eigenvalue weighted by Crippen LogP contribution is 2.41. The summed E-state index contributed by atoms with van der Waals surface area (Å²) in [7, 11) is 17.2. The first-order valence-corrected chi connectivity index (χ1v) is 51.7.